The van der Waals surface area contributed by atoms with Gasteiger partial charge >= 0.3 is 0 Å². The summed E-state index contributed by atoms with van der Waals surface area (Å²) in [6.45, 7) is 2.40. The molecule has 1 saturated heterocycles. The molecule has 3 rings (SSSR count). The van der Waals surface area contributed by atoms with Crippen LogP contribution in [0.25, 0.3) is 0 Å². The molecule has 0 spiro atoms. The number of nitrogens with zero attached hydrogens (tertiary/aromatic N) is 1. The minimum Gasteiger partial charge on any atom is -0.355 e. The summed E-state index contributed by atoms with van der Waals surface area (Å²) in [5.41, 5.74) is 0.0386. The average Bonchev–Trinajstić information content (AvgIpc) is 2.52. The van der Waals surface area contributed by atoms with E-state index in [1.165, 1.54) is 0 Å². The Morgan fingerprint density at radius 1 is 1.29 bits per heavy atom. The van der Waals surface area contributed by atoms with Crippen molar-refractivity contribution >= 4 is 11.7 Å². The zero-order chi connectivity index (χ0) is 15.0. The number of Topliss-reactive ketones (excluding diaryl/α,β-unsaturated/α-hetero) is 1. The van der Waals surface area contributed by atoms with Crippen LogP contribution < -0.4 is 5.32 Å². The van der Waals surface area contributed by atoms with Crippen molar-refractivity contribution in [3.05, 3.63) is 47.5 Å². The van der Waals surface area contributed by atoms with Crippen molar-refractivity contribution in [2.45, 2.75) is 18.8 Å². The lowest BCUT2D eigenvalue weighted by Gasteiger charge is -2.46. The van der Waals surface area contributed by atoms with Crippen molar-refractivity contribution in [2.24, 2.45) is 11.8 Å². The van der Waals surface area contributed by atoms with Crippen molar-refractivity contribution in [1.82, 2.24) is 5.32 Å². The molecule has 3 atom stereocenters. The number of benzene rings is 1. The van der Waals surface area contributed by atoms with Gasteiger partial charge in [0.25, 0.3) is 0 Å². The van der Waals surface area contributed by atoms with Crippen molar-refractivity contribution in [3.63, 3.8) is 0 Å². The quantitative estimate of drug-likeness (QED) is 0.851. The van der Waals surface area contributed by atoms with Crippen LogP contribution in [0.2, 0.25) is 0 Å². The molecule has 21 heavy (non-hydrogen) atoms. The number of nitriles is 1. The summed E-state index contributed by atoms with van der Waals surface area (Å²) < 4.78 is 0. The molecule has 1 heterocycles. The number of nitrogens with one attached hydrogen (secondary N) is 1. The summed E-state index contributed by atoms with van der Waals surface area (Å²) in [6, 6.07) is 11.4. The number of piperidine rings is 1. The van der Waals surface area contributed by atoms with Crippen LogP contribution in [-0.2, 0) is 15.0 Å². The SMILES string of the molecule is C[C@@H]1C(=O)C(C#N)=C[C@]2(c3ccccc3)C(=O)NCC[C@@H]12. The molecule has 0 unspecified atom stereocenters. The Morgan fingerprint density at radius 3 is 2.67 bits per heavy atom. The third kappa shape index (κ3) is 1.81. The molecule has 1 aliphatic carbocycles. The summed E-state index contributed by atoms with van der Waals surface area (Å²) >= 11 is 0. The molecule has 4 nitrogen and oxygen atoms in total. The van der Waals surface area contributed by atoms with E-state index in [0.717, 1.165) is 12.0 Å². The van der Waals surface area contributed by atoms with Gasteiger partial charge in [0.1, 0.15) is 6.07 Å². The number of fused-ring (bicyclic) bond motifs is 1. The van der Waals surface area contributed by atoms with Gasteiger partial charge in [-0.05, 0) is 24.0 Å². The minimum atomic E-state index is -0.905. The number of hydrogen-bond donors (Lipinski definition) is 1. The van der Waals surface area contributed by atoms with Gasteiger partial charge in [-0.2, -0.15) is 5.26 Å². The highest BCUT2D eigenvalue weighted by atomic mass is 16.2. The molecule has 1 aromatic carbocycles. The van der Waals surface area contributed by atoms with Gasteiger partial charge < -0.3 is 5.32 Å². The van der Waals surface area contributed by atoms with Crippen LogP contribution in [0.5, 0.6) is 0 Å². The van der Waals surface area contributed by atoms with Crippen molar-refractivity contribution in [3.8, 4) is 6.07 Å². The fraction of sp³-hybridized carbons (Fsp3) is 0.353. The van der Waals surface area contributed by atoms with Crippen LogP contribution in [-0.4, -0.2) is 18.2 Å². The highest BCUT2D eigenvalue weighted by molar-refractivity contribution is 6.06. The van der Waals surface area contributed by atoms with Gasteiger partial charge in [0.05, 0.1) is 11.0 Å². The Kier molecular flexibility index (Phi) is 3.13. The lowest BCUT2D eigenvalue weighted by Crippen LogP contribution is -2.58. The number of allylic oxidation sites excluding steroid dienone is 1. The molecule has 0 aromatic heterocycles. The Morgan fingerprint density at radius 2 is 2.00 bits per heavy atom. The van der Waals surface area contributed by atoms with Gasteiger partial charge in [0.15, 0.2) is 5.78 Å². The van der Waals surface area contributed by atoms with E-state index in [0.29, 0.717) is 6.54 Å². The number of carbonyl (C=O) groups excluding carboxylic acids is 2. The molecule has 1 aliphatic heterocycles. The number of rotatable bonds is 1. The van der Waals surface area contributed by atoms with Crippen LogP contribution in [0, 0.1) is 23.2 Å². The maximum absolute atomic E-state index is 12.7. The smallest absolute Gasteiger partial charge is 0.234 e. The largest absolute Gasteiger partial charge is 0.355 e. The molecule has 1 aromatic rings. The minimum absolute atomic E-state index is 0.0969. The van der Waals surface area contributed by atoms with Crippen molar-refractivity contribution < 1.29 is 9.59 Å². The van der Waals surface area contributed by atoms with Crippen LogP contribution in [0.3, 0.4) is 0 Å². The number of amides is 1. The monoisotopic (exact) mass is 280 g/mol. The van der Waals surface area contributed by atoms with Crippen molar-refractivity contribution in [2.75, 3.05) is 6.54 Å². The molecular weight excluding hydrogens is 264 g/mol. The van der Waals surface area contributed by atoms with Crippen molar-refractivity contribution in [1.29, 1.82) is 5.26 Å². The first-order chi connectivity index (χ1) is 10.1. The van der Waals surface area contributed by atoms with E-state index in [-0.39, 0.29) is 29.1 Å². The normalized spacial score (nSPS) is 31.7. The second kappa shape index (κ2) is 4.85. The van der Waals surface area contributed by atoms with E-state index >= 15 is 0 Å². The van der Waals surface area contributed by atoms with E-state index in [9.17, 15) is 14.9 Å². The molecule has 0 radical (unpaired) electrons. The van der Waals surface area contributed by atoms with Crippen LogP contribution in [0.4, 0.5) is 0 Å². The fourth-order valence-electron chi connectivity index (χ4n) is 3.66. The first-order valence-electron chi connectivity index (χ1n) is 7.12. The number of hydrogen-bond acceptors (Lipinski definition) is 3. The van der Waals surface area contributed by atoms with Gasteiger partial charge in [-0.15, -0.1) is 0 Å². The Labute approximate surface area is 123 Å². The predicted octanol–water partition coefficient (Wildman–Crippen LogP) is 1.73. The number of carbonyl (C=O) groups is 2. The van der Waals surface area contributed by atoms with E-state index < -0.39 is 5.41 Å². The van der Waals surface area contributed by atoms with Gasteiger partial charge in [0, 0.05) is 12.5 Å². The molecule has 1 amide bonds. The van der Waals surface area contributed by atoms with Crippen LogP contribution in [0.15, 0.2) is 42.0 Å². The zero-order valence-electron chi connectivity index (χ0n) is 11.8. The second-order valence-corrected chi connectivity index (χ2v) is 5.71. The van der Waals surface area contributed by atoms with Crippen LogP contribution in [0.1, 0.15) is 18.9 Å². The standard InChI is InChI=1S/C17H16N2O2/c1-11-14-7-8-19-16(21)17(14,9-12(10-18)15(11)20)13-5-3-2-4-6-13/h2-6,9,11,14H,7-8H2,1H3,(H,19,21)/t11-,14-,17+/m0/s1. The summed E-state index contributed by atoms with van der Waals surface area (Å²) in [4.78, 5) is 25.0. The maximum Gasteiger partial charge on any atom is 0.234 e. The zero-order valence-corrected chi connectivity index (χ0v) is 11.8. The summed E-state index contributed by atoms with van der Waals surface area (Å²) in [6.07, 6.45) is 2.33. The highest BCUT2D eigenvalue weighted by Gasteiger charge is 2.54. The highest BCUT2D eigenvalue weighted by Crippen LogP contribution is 2.47. The van der Waals surface area contributed by atoms with E-state index in [4.69, 9.17) is 0 Å². The molecular formula is C17H16N2O2. The van der Waals surface area contributed by atoms with E-state index in [1.54, 1.807) is 6.08 Å². The number of ketones is 1. The van der Waals surface area contributed by atoms with E-state index in [1.807, 2.05) is 43.3 Å². The fourth-order valence-corrected chi connectivity index (χ4v) is 3.66. The maximum atomic E-state index is 12.7. The van der Waals surface area contributed by atoms with E-state index in [2.05, 4.69) is 5.32 Å². The topological polar surface area (TPSA) is 70.0 Å². The first-order valence-corrected chi connectivity index (χ1v) is 7.12. The third-order valence-electron chi connectivity index (χ3n) is 4.73. The Bertz CT molecular complexity index is 672. The van der Waals surface area contributed by atoms with Crippen LogP contribution >= 0.6 is 0 Å². The van der Waals surface area contributed by atoms with Gasteiger partial charge in [-0.3, -0.25) is 9.59 Å². The Hall–Kier alpha value is -2.41. The lowest BCUT2D eigenvalue weighted by atomic mass is 9.57. The molecule has 0 bridgehead atoms. The molecule has 106 valence electrons. The van der Waals surface area contributed by atoms with Gasteiger partial charge in [-0.25, -0.2) is 0 Å². The molecule has 1 fully saturated rings. The van der Waals surface area contributed by atoms with Gasteiger partial charge in [0.2, 0.25) is 5.91 Å². The summed E-state index contributed by atoms with van der Waals surface area (Å²) in [5, 5.41) is 12.1. The molecule has 4 heteroatoms. The second-order valence-electron chi connectivity index (χ2n) is 5.71. The summed E-state index contributed by atoms with van der Waals surface area (Å²) in [7, 11) is 0. The average molecular weight is 280 g/mol. The first kappa shape index (κ1) is 13.6. The third-order valence-corrected chi connectivity index (χ3v) is 4.73. The molecule has 0 saturated carbocycles. The van der Waals surface area contributed by atoms with Gasteiger partial charge in [-0.1, -0.05) is 37.3 Å². The summed E-state index contributed by atoms with van der Waals surface area (Å²) in [5.74, 6) is -0.685. The predicted molar refractivity (Wildman–Crippen MR) is 77.1 cm³/mol. The molecule has 1 N–H and O–H groups in total. The Balaban J connectivity index is 2.28. The molecule has 2 aliphatic rings. The lowest BCUT2D eigenvalue weighted by molar-refractivity contribution is -0.133.